The molecule has 2 rings (SSSR count). The number of hydrogen-bond donors (Lipinski definition) is 1. The molecule has 0 radical (unpaired) electrons. The summed E-state index contributed by atoms with van der Waals surface area (Å²) < 4.78 is 2.70. The lowest BCUT2D eigenvalue weighted by molar-refractivity contribution is -0.384. The van der Waals surface area contributed by atoms with E-state index in [0.717, 1.165) is 0 Å². The number of benzene rings is 1. The Labute approximate surface area is 102 Å². The van der Waals surface area contributed by atoms with E-state index in [2.05, 4.69) is 0 Å². The zero-order valence-corrected chi connectivity index (χ0v) is 9.95. The molecule has 0 saturated carbocycles. The summed E-state index contributed by atoms with van der Waals surface area (Å²) in [4.78, 5) is 22.4. The van der Waals surface area contributed by atoms with Crippen LogP contribution >= 0.6 is 0 Å². The maximum absolute atomic E-state index is 12.0. The number of aromatic nitrogens is 2. The Bertz CT molecular complexity index is 684. The van der Waals surface area contributed by atoms with Crippen LogP contribution in [0.3, 0.4) is 0 Å². The third-order valence-electron chi connectivity index (χ3n) is 2.90. The molecule has 0 unspecified atom stereocenters. The van der Waals surface area contributed by atoms with Crippen LogP contribution in [0.5, 0.6) is 0 Å². The van der Waals surface area contributed by atoms with E-state index in [1.807, 2.05) is 0 Å². The largest absolute Gasteiger partial charge is 0.393 e. The van der Waals surface area contributed by atoms with Crippen molar-refractivity contribution < 1.29 is 4.92 Å². The van der Waals surface area contributed by atoms with Crippen LogP contribution in [0.25, 0.3) is 5.69 Å². The van der Waals surface area contributed by atoms with Gasteiger partial charge < -0.3 is 5.73 Å². The number of nitrogens with two attached hydrogens (primary N) is 1. The minimum absolute atomic E-state index is 0.0932. The van der Waals surface area contributed by atoms with Gasteiger partial charge in [0.05, 0.1) is 10.6 Å². The van der Waals surface area contributed by atoms with Crippen LogP contribution in [0.15, 0.2) is 29.1 Å². The van der Waals surface area contributed by atoms with E-state index in [1.54, 1.807) is 26.1 Å². The van der Waals surface area contributed by atoms with Gasteiger partial charge in [-0.3, -0.25) is 19.6 Å². The number of nitro benzene ring substituents is 1. The molecule has 1 aromatic heterocycles. The highest BCUT2D eigenvalue weighted by molar-refractivity contribution is 5.54. The van der Waals surface area contributed by atoms with Gasteiger partial charge in [0.15, 0.2) is 0 Å². The third-order valence-corrected chi connectivity index (χ3v) is 2.90. The van der Waals surface area contributed by atoms with Crippen LogP contribution in [-0.4, -0.2) is 14.3 Å². The monoisotopic (exact) mass is 248 g/mol. The zero-order chi connectivity index (χ0) is 13.4. The van der Waals surface area contributed by atoms with Crippen molar-refractivity contribution in [3.63, 3.8) is 0 Å². The number of rotatable bonds is 2. The van der Waals surface area contributed by atoms with Gasteiger partial charge in [-0.1, -0.05) is 12.1 Å². The van der Waals surface area contributed by atoms with Gasteiger partial charge in [0, 0.05) is 13.1 Å². The van der Waals surface area contributed by atoms with Crippen LogP contribution in [-0.2, 0) is 7.05 Å². The second-order valence-electron chi connectivity index (χ2n) is 3.89. The molecule has 0 saturated heterocycles. The second-order valence-corrected chi connectivity index (χ2v) is 3.89. The van der Waals surface area contributed by atoms with Gasteiger partial charge in [-0.15, -0.1) is 0 Å². The Balaban J connectivity index is 2.82. The van der Waals surface area contributed by atoms with Crippen molar-refractivity contribution in [2.24, 2.45) is 7.05 Å². The molecule has 1 aromatic carbocycles. The standard InChI is InChI=1S/C11H12N4O3/c1-7-10(12)11(16)14(13(7)2)8-5-3-4-6-9(8)15(17)18/h3-6H,12H2,1-2H3. The summed E-state index contributed by atoms with van der Waals surface area (Å²) >= 11 is 0. The van der Waals surface area contributed by atoms with Crippen LogP contribution in [0.2, 0.25) is 0 Å². The van der Waals surface area contributed by atoms with Crippen molar-refractivity contribution in [1.29, 1.82) is 0 Å². The van der Waals surface area contributed by atoms with Crippen LogP contribution in [0, 0.1) is 17.0 Å². The molecular formula is C11H12N4O3. The highest BCUT2D eigenvalue weighted by Gasteiger charge is 2.20. The van der Waals surface area contributed by atoms with Crippen LogP contribution in [0.4, 0.5) is 11.4 Å². The van der Waals surface area contributed by atoms with Crippen molar-refractivity contribution in [3.8, 4) is 5.69 Å². The normalized spacial score (nSPS) is 10.6. The van der Waals surface area contributed by atoms with Crippen molar-refractivity contribution in [2.45, 2.75) is 6.92 Å². The Kier molecular flexibility index (Phi) is 2.66. The van der Waals surface area contributed by atoms with E-state index in [4.69, 9.17) is 5.73 Å². The first kappa shape index (κ1) is 11.9. The van der Waals surface area contributed by atoms with Gasteiger partial charge in [0.1, 0.15) is 11.4 Å². The maximum Gasteiger partial charge on any atom is 0.295 e. The molecule has 0 atom stereocenters. The van der Waals surface area contributed by atoms with E-state index in [-0.39, 0.29) is 17.1 Å². The van der Waals surface area contributed by atoms with E-state index < -0.39 is 10.5 Å². The summed E-state index contributed by atoms with van der Waals surface area (Å²) in [7, 11) is 1.63. The fourth-order valence-electron chi connectivity index (χ4n) is 1.80. The summed E-state index contributed by atoms with van der Waals surface area (Å²) in [6.07, 6.45) is 0. The minimum Gasteiger partial charge on any atom is -0.393 e. The summed E-state index contributed by atoms with van der Waals surface area (Å²) in [5, 5.41) is 11.0. The van der Waals surface area contributed by atoms with Crippen LogP contribution < -0.4 is 11.3 Å². The Morgan fingerprint density at radius 2 is 1.94 bits per heavy atom. The topological polar surface area (TPSA) is 96.1 Å². The average Bonchev–Trinajstić information content (AvgIpc) is 2.54. The van der Waals surface area contributed by atoms with Gasteiger partial charge >= 0.3 is 0 Å². The fraction of sp³-hybridized carbons (Fsp3) is 0.182. The molecule has 7 nitrogen and oxygen atoms in total. The van der Waals surface area contributed by atoms with Crippen molar-refractivity contribution in [2.75, 3.05) is 5.73 Å². The van der Waals surface area contributed by atoms with E-state index >= 15 is 0 Å². The summed E-state index contributed by atoms with van der Waals surface area (Å²) in [6, 6.07) is 6.04. The van der Waals surface area contributed by atoms with Gasteiger partial charge in [0.2, 0.25) is 0 Å². The molecule has 0 fully saturated rings. The highest BCUT2D eigenvalue weighted by Crippen LogP contribution is 2.22. The van der Waals surface area contributed by atoms with E-state index in [9.17, 15) is 14.9 Å². The lowest BCUT2D eigenvalue weighted by Crippen LogP contribution is -2.21. The lowest BCUT2D eigenvalue weighted by Gasteiger charge is -2.08. The van der Waals surface area contributed by atoms with Crippen molar-refractivity contribution >= 4 is 11.4 Å². The Morgan fingerprint density at radius 1 is 1.33 bits per heavy atom. The fourth-order valence-corrected chi connectivity index (χ4v) is 1.80. The number of hydrogen-bond acceptors (Lipinski definition) is 4. The van der Waals surface area contributed by atoms with E-state index in [0.29, 0.717) is 5.69 Å². The number of anilines is 1. The molecule has 0 amide bonds. The predicted molar refractivity (Wildman–Crippen MR) is 66.8 cm³/mol. The molecule has 2 N–H and O–H groups in total. The number of nitro groups is 1. The summed E-state index contributed by atoms with van der Waals surface area (Å²) in [5.41, 5.74) is 5.91. The first-order valence-electron chi connectivity index (χ1n) is 5.23. The molecule has 0 aliphatic heterocycles. The maximum atomic E-state index is 12.0. The van der Waals surface area contributed by atoms with Crippen molar-refractivity contribution in [3.05, 3.63) is 50.4 Å². The third kappa shape index (κ3) is 1.56. The predicted octanol–water partition coefficient (Wildman–Crippen LogP) is 0.975. The lowest BCUT2D eigenvalue weighted by atomic mass is 10.3. The smallest absolute Gasteiger partial charge is 0.295 e. The average molecular weight is 248 g/mol. The summed E-state index contributed by atoms with van der Waals surface area (Å²) in [6.45, 7) is 1.68. The molecule has 0 aliphatic rings. The first-order valence-corrected chi connectivity index (χ1v) is 5.23. The molecule has 0 bridgehead atoms. The Morgan fingerprint density at radius 3 is 2.44 bits per heavy atom. The number of nitrogen functional groups attached to an aromatic ring is 1. The molecule has 0 aliphatic carbocycles. The molecule has 0 spiro atoms. The van der Waals surface area contributed by atoms with Gasteiger partial charge in [-0.25, -0.2) is 4.68 Å². The Hall–Kier alpha value is -2.57. The number of nitrogens with zero attached hydrogens (tertiary/aromatic N) is 3. The molecule has 1 heterocycles. The molecule has 2 aromatic rings. The molecule has 7 heteroatoms. The SMILES string of the molecule is Cc1c(N)c(=O)n(-c2ccccc2[N+](=O)[O-])n1C. The van der Waals surface area contributed by atoms with E-state index in [1.165, 1.54) is 21.5 Å². The zero-order valence-electron chi connectivity index (χ0n) is 9.95. The highest BCUT2D eigenvalue weighted by atomic mass is 16.6. The van der Waals surface area contributed by atoms with Gasteiger partial charge in [-0.05, 0) is 13.0 Å². The van der Waals surface area contributed by atoms with Gasteiger partial charge in [-0.2, -0.15) is 0 Å². The number of para-hydroxylation sites is 2. The minimum atomic E-state index is -0.527. The molecular weight excluding hydrogens is 236 g/mol. The first-order chi connectivity index (χ1) is 8.45. The van der Waals surface area contributed by atoms with Gasteiger partial charge in [0.25, 0.3) is 11.2 Å². The quantitative estimate of drug-likeness (QED) is 0.632. The summed E-state index contributed by atoms with van der Waals surface area (Å²) in [5.74, 6) is 0. The molecule has 94 valence electrons. The van der Waals surface area contributed by atoms with Crippen LogP contribution in [0.1, 0.15) is 5.69 Å². The van der Waals surface area contributed by atoms with Crippen molar-refractivity contribution in [1.82, 2.24) is 9.36 Å². The second kappa shape index (κ2) is 4.02. The molecule has 18 heavy (non-hydrogen) atoms.